The maximum atomic E-state index is 7.43. The third kappa shape index (κ3) is 2.10. The summed E-state index contributed by atoms with van der Waals surface area (Å²) in [4.78, 5) is 7.43. The molecule has 0 aliphatic heterocycles. The number of hydrogen-bond acceptors (Lipinski definition) is 3. The summed E-state index contributed by atoms with van der Waals surface area (Å²) < 4.78 is 3.12. The lowest BCUT2D eigenvalue weighted by Crippen LogP contribution is -1.87. The van der Waals surface area contributed by atoms with Crippen molar-refractivity contribution in [3.05, 3.63) is 0 Å². The molecule has 0 aromatic carbocycles. The fourth-order valence-electron chi connectivity index (χ4n) is 0. The first-order valence-electron chi connectivity index (χ1n) is 0.610. The second-order valence-electron chi connectivity index (χ2n) is 0.183. The van der Waals surface area contributed by atoms with Gasteiger partial charge in [-0.25, -0.2) is 0 Å². The minimum Gasteiger partial charge on any atom is -0.407 e. The van der Waals surface area contributed by atoms with E-state index >= 15 is 0 Å². The first-order valence-corrected chi connectivity index (χ1v) is 1.47. The molecule has 0 aliphatic rings. The molecule has 0 amide bonds. The third-order valence-electron chi connectivity index (χ3n) is 0.0408. The smallest absolute Gasteiger partial charge is 0.407 e. The van der Waals surface area contributed by atoms with E-state index in [2.05, 4.69) is 4.58 Å². The van der Waals surface area contributed by atoms with Crippen LogP contribution in [0.3, 0.4) is 0 Å². The standard InChI is InChI=1S/H2O3Si/c1-3-4-2/h1-2H. The Morgan fingerprint density at radius 1 is 1.75 bits per heavy atom. The summed E-state index contributed by atoms with van der Waals surface area (Å²) in [6, 6.07) is 0. The zero-order valence-corrected chi connectivity index (χ0v) is 2.80. The molecule has 4 heavy (non-hydrogen) atoms. The summed E-state index contributed by atoms with van der Waals surface area (Å²) in [6.45, 7) is 0. The minimum atomic E-state index is -0.804. The summed E-state index contributed by atoms with van der Waals surface area (Å²) in [5, 5.41) is 7.14. The van der Waals surface area contributed by atoms with Gasteiger partial charge in [0.25, 0.3) is 0 Å². The molecule has 0 aliphatic carbocycles. The van der Waals surface area contributed by atoms with E-state index in [0.717, 1.165) is 0 Å². The fraction of sp³-hybridized carbons (Fsp3) is 0. The second-order valence-corrected chi connectivity index (χ2v) is 0.548. The Labute approximate surface area is 25.8 Å². The van der Waals surface area contributed by atoms with Gasteiger partial charge < -0.3 is 4.80 Å². The summed E-state index contributed by atoms with van der Waals surface area (Å²) in [6.07, 6.45) is 0. The average Bonchev–Trinajstić information content (AvgIpc) is 1.37. The van der Waals surface area contributed by atoms with Crippen LogP contribution in [0.15, 0.2) is 0 Å². The largest absolute Gasteiger partial charge is 0.469 e. The third-order valence-corrected chi connectivity index (χ3v) is 0.122. The highest BCUT2D eigenvalue weighted by Gasteiger charge is 1.67. The van der Waals surface area contributed by atoms with E-state index in [9.17, 15) is 0 Å². The van der Waals surface area contributed by atoms with E-state index in [1.807, 2.05) is 0 Å². The van der Waals surface area contributed by atoms with Crippen LogP contribution in [0.5, 0.6) is 0 Å². The lowest BCUT2D eigenvalue weighted by atomic mass is 15.0. The van der Waals surface area contributed by atoms with Crippen LogP contribution in [0, 0.1) is 0 Å². The molecule has 0 fully saturated rings. The van der Waals surface area contributed by atoms with Gasteiger partial charge in [0.1, 0.15) is 0 Å². The van der Waals surface area contributed by atoms with Crippen molar-refractivity contribution in [3.63, 3.8) is 0 Å². The van der Waals surface area contributed by atoms with Gasteiger partial charge in [-0.15, -0.1) is 0 Å². The van der Waals surface area contributed by atoms with Gasteiger partial charge in [-0.1, -0.05) is 0 Å². The maximum Gasteiger partial charge on any atom is 0.469 e. The molecule has 0 atom stereocenters. The van der Waals surface area contributed by atoms with Crippen molar-refractivity contribution in [1.29, 1.82) is 0 Å². The van der Waals surface area contributed by atoms with Gasteiger partial charge in [0.15, 0.2) is 0 Å². The first-order chi connectivity index (χ1) is 1.91. The van der Waals surface area contributed by atoms with Crippen LogP contribution in [0.1, 0.15) is 0 Å². The molecule has 4 heteroatoms. The zero-order valence-electron chi connectivity index (χ0n) is 1.80. The van der Waals surface area contributed by atoms with Gasteiger partial charge in [0.05, 0.1) is 0 Å². The monoisotopic (exact) mass is 78.0 g/mol. The van der Waals surface area contributed by atoms with Crippen molar-refractivity contribution in [2.24, 2.45) is 0 Å². The minimum absolute atomic E-state index is 0.804. The highest BCUT2D eigenvalue weighted by molar-refractivity contribution is 6.15. The lowest BCUT2D eigenvalue weighted by Gasteiger charge is -1.68. The van der Waals surface area contributed by atoms with Crippen molar-refractivity contribution in [3.8, 4) is 0 Å². The molecular weight excluding hydrogens is 76.1 g/mol. The van der Waals surface area contributed by atoms with E-state index < -0.39 is 10.0 Å². The Morgan fingerprint density at radius 2 is 2.00 bits per heavy atom. The van der Waals surface area contributed by atoms with Gasteiger partial charge >= 0.3 is 10.0 Å². The summed E-state index contributed by atoms with van der Waals surface area (Å²) in [5.41, 5.74) is 0. The van der Waals surface area contributed by atoms with Crippen LogP contribution in [0.4, 0.5) is 0 Å². The van der Waals surface area contributed by atoms with Crippen LogP contribution in [0.2, 0.25) is 0 Å². The molecule has 0 aromatic heterocycles. The quantitative estimate of drug-likeness (QED) is 0.240. The zero-order chi connectivity index (χ0) is 3.41. The highest BCUT2D eigenvalue weighted by atomic mass is 28.2. The van der Waals surface area contributed by atoms with Crippen molar-refractivity contribution in [1.82, 2.24) is 0 Å². The van der Waals surface area contributed by atoms with E-state index in [0.29, 0.717) is 0 Å². The van der Waals surface area contributed by atoms with Gasteiger partial charge in [0.2, 0.25) is 0 Å². The number of rotatable bonds is 1. The molecule has 0 spiro atoms. The predicted octanol–water partition coefficient (Wildman–Crippen LogP) is -0.998. The molecule has 0 saturated heterocycles. The molecule has 0 rings (SSSR count). The Kier molecular flexibility index (Phi) is 3.17. The molecule has 0 aromatic rings. The SMILES string of the molecule is OO[Si]O. The summed E-state index contributed by atoms with van der Waals surface area (Å²) >= 11 is 0. The molecule has 3 nitrogen and oxygen atoms in total. The molecule has 2 radical (unpaired) electrons. The molecule has 2 N–H and O–H groups in total. The lowest BCUT2D eigenvalue weighted by molar-refractivity contribution is -0.148. The van der Waals surface area contributed by atoms with E-state index in [1.165, 1.54) is 0 Å². The molecule has 0 heterocycles. The fourth-order valence-corrected chi connectivity index (χ4v) is 0. The Bertz CT molecular complexity index is 5.25. The maximum absolute atomic E-state index is 7.43. The van der Waals surface area contributed by atoms with Crippen molar-refractivity contribution in [2.45, 2.75) is 0 Å². The van der Waals surface area contributed by atoms with Crippen LogP contribution in [-0.2, 0) is 4.58 Å². The van der Waals surface area contributed by atoms with E-state index in [1.54, 1.807) is 0 Å². The van der Waals surface area contributed by atoms with E-state index in [4.69, 9.17) is 10.1 Å². The molecular formula is H2O3Si. The average molecular weight is 78.1 g/mol. The van der Waals surface area contributed by atoms with Crippen LogP contribution in [-0.4, -0.2) is 20.1 Å². The highest BCUT2D eigenvalue weighted by Crippen LogP contribution is 1.39. The molecule has 0 unspecified atom stereocenters. The van der Waals surface area contributed by atoms with E-state index in [-0.39, 0.29) is 0 Å². The van der Waals surface area contributed by atoms with Crippen LogP contribution >= 0.6 is 0 Å². The van der Waals surface area contributed by atoms with Crippen molar-refractivity contribution >= 4 is 10.0 Å². The van der Waals surface area contributed by atoms with Gasteiger partial charge in [-0.2, -0.15) is 0 Å². The first kappa shape index (κ1) is 4.10. The Hall–Kier alpha value is 0.0969. The topological polar surface area (TPSA) is 49.7 Å². The Balaban J connectivity index is 1.97. The Morgan fingerprint density at radius 3 is 2.00 bits per heavy atom. The van der Waals surface area contributed by atoms with Crippen LogP contribution < -0.4 is 0 Å². The van der Waals surface area contributed by atoms with Crippen molar-refractivity contribution in [2.75, 3.05) is 0 Å². The number of hydrogen-bond donors (Lipinski definition) is 2. The van der Waals surface area contributed by atoms with Crippen molar-refractivity contribution < 1.29 is 14.6 Å². The summed E-state index contributed by atoms with van der Waals surface area (Å²) in [7, 11) is -0.804. The predicted molar refractivity (Wildman–Crippen MR) is 11.7 cm³/mol. The van der Waals surface area contributed by atoms with Gasteiger partial charge in [-0.05, 0) is 0 Å². The normalized spacial score (nSPS) is 7.50. The van der Waals surface area contributed by atoms with Gasteiger partial charge in [-0.3, -0.25) is 9.83 Å². The second kappa shape index (κ2) is 3.10. The molecule has 24 valence electrons. The van der Waals surface area contributed by atoms with Gasteiger partial charge in [0, 0.05) is 0 Å². The molecule has 0 saturated carbocycles. The van der Waals surface area contributed by atoms with Crippen LogP contribution in [0.25, 0.3) is 0 Å². The molecule has 0 bridgehead atoms. The summed E-state index contributed by atoms with van der Waals surface area (Å²) in [5.74, 6) is 0.